The first-order valence-electron chi connectivity index (χ1n) is 7.94. The van der Waals surface area contributed by atoms with Crippen LogP contribution in [0.2, 0.25) is 0 Å². The highest BCUT2D eigenvalue weighted by Gasteiger charge is 2.28. The number of hydrogen-bond donors (Lipinski definition) is 3. The molecule has 124 valence electrons. The molecule has 7 nitrogen and oxygen atoms in total. The molecule has 23 heavy (non-hydrogen) atoms. The standard InChI is InChI=1S/C16H21N3O4/c17-16(21)11-2-1-5-19(9-11)10-15(20)18-12-3-4-13-14(8-12)23-7-6-22-13/h3-4,8,11H,1-2,5-7,9-10H2,(H2,17,21)(H,18,20)/p+1/t11-/m0/s1. The molecule has 4 N–H and O–H groups in total. The quantitative estimate of drug-likeness (QED) is 0.675. The molecule has 2 aliphatic heterocycles. The Hall–Kier alpha value is -2.28. The molecular weight excluding hydrogens is 298 g/mol. The van der Waals surface area contributed by atoms with Crippen molar-refractivity contribution in [2.24, 2.45) is 11.7 Å². The van der Waals surface area contributed by atoms with E-state index in [9.17, 15) is 9.59 Å². The number of fused-ring (bicyclic) bond motifs is 1. The molecule has 0 saturated carbocycles. The van der Waals surface area contributed by atoms with E-state index in [4.69, 9.17) is 15.2 Å². The summed E-state index contributed by atoms with van der Waals surface area (Å²) in [5.41, 5.74) is 6.05. The fraction of sp³-hybridized carbons (Fsp3) is 0.500. The lowest BCUT2D eigenvalue weighted by atomic mass is 9.97. The normalized spacial score (nSPS) is 23.1. The van der Waals surface area contributed by atoms with Gasteiger partial charge in [0.25, 0.3) is 5.91 Å². The van der Waals surface area contributed by atoms with Crippen LogP contribution in [0.4, 0.5) is 5.69 Å². The number of carbonyl (C=O) groups is 2. The molecular formula is C16H22N3O4+. The third kappa shape index (κ3) is 3.92. The number of likely N-dealkylation sites (tertiary alicyclic amines) is 1. The number of nitrogens with two attached hydrogens (primary N) is 1. The fourth-order valence-corrected chi connectivity index (χ4v) is 3.11. The van der Waals surface area contributed by atoms with Crippen LogP contribution >= 0.6 is 0 Å². The Balaban J connectivity index is 1.56. The van der Waals surface area contributed by atoms with Gasteiger partial charge in [0.15, 0.2) is 18.0 Å². The summed E-state index contributed by atoms with van der Waals surface area (Å²) in [6.45, 7) is 2.90. The highest BCUT2D eigenvalue weighted by molar-refractivity contribution is 5.91. The van der Waals surface area contributed by atoms with Crippen molar-refractivity contribution < 1.29 is 24.0 Å². The second-order valence-corrected chi connectivity index (χ2v) is 6.03. The molecule has 1 aromatic carbocycles. The number of hydrogen-bond acceptors (Lipinski definition) is 4. The lowest BCUT2D eigenvalue weighted by molar-refractivity contribution is -0.899. The zero-order valence-electron chi connectivity index (χ0n) is 13.0. The minimum atomic E-state index is -0.269. The maximum atomic E-state index is 12.2. The molecule has 1 unspecified atom stereocenters. The van der Waals surface area contributed by atoms with Crippen LogP contribution in [0.15, 0.2) is 18.2 Å². The van der Waals surface area contributed by atoms with E-state index in [1.165, 1.54) is 0 Å². The van der Waals surface area contributed by atoms with E-state index < -0.39 is 0 Å². The van der Waals surface area contributed by atoms with Crippen LogP contribution in [0, 0.1) is 5.92 Å². The average molecular weight is 320 g/mol. The summed E-state index contributed by atoms with van der Waals surface area (Å²) in [6, 6.07) is 5.36. The zero-order valence-corrected chi connectivity index (χ0v) is 13.0. The topological polar surface area (TPSA) is 95.1 Å². The van der Waals surface area contributed by atoms with Crippen molar-refractivity contribution in [2.45, 2.75) is 12.8 Å². The molecule has 0 aromatic heterocycles. The van der Waals surface area contributed by atoms with Gasteiger partial charge in [-0.05, 0) is 25.0 Å². The average Bonchev–Trinajstić information content (AvgIpc) is 2.55. The molecule has 0 aliphatic carbocycles. The number of nitrogens with one attached hydrogen (secondary N) is 2. The van der Waals surface area contributed by atoms with Gasteiger partial charge in [-0.1, -0.05) is 0 Å². The van der Waals surface area contributed by atoms with E-state index >= 15 is 0 Å². The zero-order chi connectivity index (χ0) is 16.2. The summed E-state index contributed by atoms with van der Waals surface area (Å²) in [6.07, 6.45) is 1.74. The van der Waals surface area contributed by atoms with Crippen molar-refractivity contribution >= 4 is 17.5 Å². The summed E-state index contributed by atoms with van der Waals surface area (Å²) in [4.78, 5) is 24.6. The van der Waals surface area contributed by atoms with Crippen molar-refractivity contribution in [1.82, 2.24) is 0 Å². The smallest absolute Gasteiger partial charge is 0.279 e. The molecule has 2 heterocycles. The minimum absolute atomic E-state index is 0.0817. The number of quaternary nitrogens is 1. The maximum Gasteiger partial charge on any atom is 0.279 e. The summed E-state index contributed by atoms with van der Waals surface area (Å²) < 4.78 is 11.0. The Morgan fingerprint density at radius 2 is 2.04 bits per heavy atom. The molecule has 1 aromatic rings. The van der Waals surface area contributed by atoms with Crippen molar-refractivity contribution in [2.75, 3.05) is 38.2 Å². The first-order valence-corrected chi connectivity index (χ1v) is 7.94. The van der Waals surface area contributed by atoms with Gasteiger partial charge in [0.1, 0.15) is 13.2 Å². The van der Waals surface area contributed by atoms with Crippen molar-refractivity contribution in [3.05, 3.63) is 18.2 Å². The van der Waals surface area contributed by atoms with Crippen molar-refractivity contribution in [3.8, 4) is 11.5 Å². The van der Waals surface area contributed by atoms with Crippen LogP contribution in [-0.4, -0.2) is 44.7 Å². The van der Waals surface area contributed by atoms with E-state index in [1.54, 1.807) is 18.2 Å². The van der Waals surface area contributed by atoms with Gasteiger partial charge in [-0.25, -0.2) is 0 Å². The van der Waals surface area contributed by atoms with Gasteiger partial charge in [-0.2, -0.15) is 0 Å². The first kappa shape index (κ1) is 15.6. The van der Waals surface area contributed by atoms with Gasteiger partial charge in [-0.3, -0.25) is 9.59 Å². The van der Waals surface area contributed by atoms with Gasteiger partial charge in [-0.15, -0.1) is 0 Å². The third-order valence-corrected chi connectivity index (χ3v) is 4.26. The van der Waals surface area contributed by atoms with Gasteiger partial charge in [0.05, 0.1) is 19.0 Å². The van der Waals surface area contributed by atoms with Crippen LogP contribution in [0.25, 0.3) is 0 Å². The molecule has 3 rings (SSSR count). The summed E-state index contributed by atoms with van der Waals surface area (Å²) >= 11 is 0. The summed E-state index contributed by atoms with van der Waals surface area (Å²) in [7, 11) is 0. The van der Waals surface area contributed by atoms with Crippen LogP contribution in [0.3, 0.4) is 0 Å². The molecule has 0 spiro atoms. The van der Waals surface area contributed by atoms with Crippen molar-refractivity contribution in [1.29, 1.82) is 0 Å². The van der Waals surface area contributed by atoms with Crippen molar-refractivity contribution in [3.63, 3.8) is 0 Å². The number of rotatable bonds is 4. The SMILES string of the molecule is NC(=O)[C@H]1CCC[NH+](CC(=O)Nc2ccc3c(c2)OCCO3)C1. The highest BCUT2D eigenvalue weighted by atomic mass is 16.6. The number of primary amides is 1. The molecule has 0 radical (unpaired) electrons. The molecule has 0 bridgehead atoms. The number of ether oxygens (including phenoxy) is 2. The Kier molecular flexibility index (Phi) is 4.66. The molecule has 1 fully saturated rings. The fourth-order valence-electron chi connectivity index (χ4n) is 3.11. The molecule has 2 amide bonds. The number of benzene rings is 1. The van der Waals surface area contributed by atoms with E-state index in [0.29, 0.717) is 43.5 Å². The minimum Gasteiger partial charge on any atom is -0.486 e. The van der Waals surface area contributed by atoms with Crippen LogP contribution < -0.4 is 25.4 Å². The Morgan fingerprint density at radius 3 is 2.83 bits per heavy atom. The molecule has 1 saturated heterocycles. The molecule has 2 aliphatic rings. The predicted molar refractivity (Wildman–Crippen MR) is 83.5 cm³/mol. The maximum absolute atomic E-state index is 12.2. The second kappa shape index (κ2) is 6.87. The largest absolute Gasteiger partial charge is 0.486 e. The summed E-state index contributed by atoms with van der Waals surface area (Å²) in [5.74, 6) is 0.866. The van der Waals surface area contributed by atoms with Crippen LogP contribution in [0.5, 0.6) is 11.5 Å². The van der Waals surface area contributed by atoms with Gasteiger partial charge >= 0.3 is 0 Å². The summed E-state index contributed by atoms with van der Waals surface area (Å²) in [5, 5.41) is 2.87. The van der Waals surface area contributed by atoms with E-state index in [1.807, 2.05) is 0 Å². The van der Waals surface area contributed by atoms with Crippen LogP contribution in [0.1, 0.15) is 12.8 Å². The van der Waals surface area contributed by atoms with E-state index in [-0.39, 0.29) is 17.7 Å². The van der Waals surface area contributed by atoms with E-state index in [0.717, 1.165) is 24.3 Å². The number of amides is 2. The Labute approximate surface area is 134 Å². The van der Waals surface area contributed by atoms with Gasteiger partial charge < -0.3 is 25.4 Å². The lowest BCUT2D eigenvalue weighted by Gasteiger charge is -2.27. The van der Waals surface area contributed by atoms with Crippen LogP contribution in [-0.2, 0) is 9.59 Å². The number of piperidine rings is 1. The highest BCUT2D eigenvalue weighted by Crippen LogP contribution is 2.32. The lowest BCUT2D eigenvalue weighted by Crippen LogP contribution is -3.14. The monoisotopic (exact) mass is 320 g/mol. The van der Waals surface area contributed by atoms with E-state index in [2.05, 4.69) is 5.32 Å². The third-order valence-electron chi connectivity index (χ3n) is 4.26. The van der Waals surface area contributed by atoms with Gasteiger partial charge in [0, 0.05) is 11.8 Å². The number of carbonyl (C=O) groups excluding carboxylic acids is 2. The second-order valence-electron chi connectivity index (χ2n) is 6.03. The predicted octanol–water partition coefficient (Wildman–Crippen LogP) is -0.823. The number of anilines is 1. The molecule has 7 heteroatoms. The Bertz CT molecular complexity index is 605. The molecule has 2 atom stereocenters. The van der Waals surface area contributed by atoms with Gasteiger partial charge in [0.2, 0.25) is 5.91 Å². The first-order chi connectivity index (χ1) is 11.1. The Morgan fingerprint density at radius 1 is 1.26 bits per heavy atom.